The molecule has 3 nitrogen and oxygen atoms in total. The van der Waals surface area contributed by atoms with Gasteiger partial charge in [-0.25, -0.2) is 4.39 Å². The molecular formula is C14H22FNO2. The summed E-state index contributed by atoms with van der Waals surface area (Å²) in [5, 5.41) is 21.5. The first-order chi connectivity index (χ1) is 8.41. The van der Waals surface area contributed by atoms with Gasteiger partial charge < -0.3 is 15.5 Å². The van der Waals surface area contributed by atoms with Gasteiger partial charge in [0.2, 0.25) is 0 Å². The van der Waals surface area contributed by atoms with E-state index in [1.807, 2.05) is 12.1 Å². The summed E-state index contributed by atoms with van der Waals surface area (Å²) < 4.78 is 13.4. The molecule has 0 heterocycles. The second-order valence-electron chi connectivity index (χ2n) is 5.27. The quantitative estimate of drug-likeness (QED) is 0.722. The molecule has 0 aromatic heterocycles. The molecule has 0 aliphatic heterocycles. The van der Waals surface area contributed by atoms with Gasteiger partial charge in [-0.15, -0.1) is 0 Å². The van der Waals surface area contributed by atoms with Gasteiger partial charge in [-0.1, -0.05) is 19.1 Å². The summed E-state index contributed by atoms with van der Waals surface area (Å²) in [6.45, 7) is 6.26. The smallest absolute Gasteiger partial charge is 0.129 e. The Morgan fingerprint density at radius 2 is 1.67 bits per heavy atom. The van der Waals surface area contributed by atoms with Crippen molar-refractivity contribution in [3.63, 3.8) is 0 Å². The molecule has 0 atom stereocenters. The fourth-order valence-corrected chi connectivity index (χ4v) is 1.81. The molecule has 0 saturated carbocycles. The third kappa shape index (κ3) is 3.77. The maximum atomic E-state index is 13.4. The lowest BCUT2D eigenvalue weighted by Gasteiger charge is -2.25. The Morgan fingerprint density at radius 3 is 2.11 bits per heavy atom. The summed E-state index contributed by atoms with van der Waals surface area (Å²) in [6.07, 6.45) is 0. The molecular weight excluding hydrogens is 233 g/mol. The summed E-state index contributed by atoms with van der Waals surface area (Å²) in [5.41, 5.74) is 1.76. The summed E-state index contributed by atoms with van der Waals surface area (Å²) >= 11 is 0. The van der Waals surface area contributed by atoms with Crippen molar-refractivity contribution in [1.29, 1.82) is 0 Å². The zero-order chi connectivity index (χ0) is 13.8. The van der Waals surface area contributed by atoms with Crippen LogP contribution in [0.15, 0.2) is 12.1 Å². The molecule has 1 aromatic rings. The normalized spacial score (nSPS) is 11.9. The van der Waals surface area contributed by atoms with Crippen LogP contribution in [-0.2, 0) is 6.54 Å². The average Bonchev–Trinajstić information content (AvgIpc) is 2.35. The van der Waals surface area contributed by atoms with Gasteiger partial charge >= 0.3 is 0 Å². The first-order valence-electron chi connectivity index (χ1n) is 6.10. The number of hydrogen-bond donors (Lipinski definition) is 3. The highest BCUT2D eigenvalue weighted by Crippen LogP contribution is 2.16. The lowest BCUT2D eigenvalue weighted by molar-refractivity contribution is 0.0695. The Labute approximate surface area is 108 Å². The molecule has 0 amide bonds. The van der Waals surface area contributed by atoms with E-state index in [2.05, 4.69) is 5.32 Å². The molecule has 0 fully saturated rings. The molecule has 3 N–H and O–H groups in total. The molecule has 0 spiro atoms. The van der Waals surface area contributed by atoms with Crippen LogP contribution in [0.2, 0.25) is 0 Å². The van der Waals surface area contributed by atoms with E-state index in [1.165, 1.54) is 0 Å². The summed E-state index contributed by atoms with van der Waals surface area (Å²) in [7, 11) is 0. The lowest BCUT2D eigenvalue weighted by atomic mass is 9.93. The number of benzene rings is 1. The minimum atomic E-state index is -0.524. The molecule has 0 unspecified atom stereocenters. The molecule has 102 valence electrons. The van der Waals surface area contributed by atoms with Crippen LogP contribution >= 0.6 is 0 Å². The highest BCUT2D eigenvalue weighted by atomic mass is 19.1. The van der Waals surface area contributed by atoms with Gasteiger partial charge in [0, 0.05) is 18.5 Å². The molecule has 0 aliphatic carbocycles. The summed E-state index contributed by atoms with van der Waals surface area (Å²) in [6, 6.07) is 3.62. The van der Waals surface area contributed by atoms with Gasteiger partial charge in [-0.2, -0.15) is 0 Å². The van der Waals surface area contributed by atoms with Crippen LogP contribution in [0.3, 0.4) is 0 Å². The van der Waals surface area contributed by atoms with Crippen LogP contribution in [0, 0.1) is 25.1 Å². The number of rotatable bonds is 6. The van der Waals surface area contributed by atoms with Crippen LogP contribution in [-0.4, -0.2) is 30.0 Å². The number of hydrogen-bond acceptors (Lipinski definition) is 3. The third-order valence-electron chi connectivity index (χ3n) is 3.14. The summed E-state index contributed by atoms with van der Waals surface area (Å²) in [4.78, 5) is 0. The second-order valence-corrected chi connectivity index (χ2v) is 5.27. The van der Waals surface area contributed by atoms with Gasteiger partial charge in [-0.05, 0) is 30.5 Å². The fraction of sp³-hybridized carbons (Fsp3) is 0.571. The van der Waals surface area contributed by atoms with Crippen LogP contribution in [0.5, 0.6) is 0 Å². The number of aliphatic hydroxyl groups is 2. The van der Waals surface area contributed by atoms with Gasteiger partial charge in [0.1, 0.15) is 5.82 Å². The van der Waals surface area contributed by atoms with E-state index in [9.17, 15) is 4.39 Å². The van der Waals surface area contributed by atoms with Crippen LogP contribution in [0.1, 0.15) is 23.6 Å². The molecule has 18 heavy (non-hydrogen) atoms. The van der Waals surface area contributed by atoms with E-state index in [-0.39, 0.29) is 19.0 Å². The van der Waals surface area contributed by atoms with Gasteiger partial charge in [0.05, 0.1) is 13.2 Å². The van der Waals surface area contributed by atoms with Crippen LogP contribution in [0.25, 0.3) is 0 Å². The molecule has 0 radical (unpaired) electrons. The highest BCUT2D eigenvalue weighted by molar-refractivity contribution is 5.30. The van der Waals surface area contributed by atoms with Gasteiger partial charge in [0.25, 0.3) is 0 Å². The fourth-order valence-electron chi connectivity index (χ4n) is 1.81. The van der Waals surface area contributed by atoms with Crippen molar-refractivity contribution in [3.05, 3.63) is 34.6 Å². The maximum Gasteiger partial charge on any atom is 0.129 e. The standard InChI is InChI=1S/C14H22FNO2/c1-10-4-12(5-11(2)13(10)15)6-16-7-14(3,8-17)9-18/h4-5,16-18H,6-9H2,1-3H3. The molecule has 1 aromatic carbocycles. The Balaban J connectivity index is 2.60. The molecule has 4 heteroatoms. The van der Waals surface area contributed by atoms with Crippen LogP contribution in [0.4, 0.5) is 4.39 Å². The maximum absolute atomic E-state index is 13.4. The number of aryl methyl sites for hydroxylation is 2. The lowest BCUT2D eigenvalue weighted by Crippen LogP contribution is -2.37. The monoisotopic (exact) mass is 255 g/mol. The predicted octanol–water partition coefficient (Wildman–Crippen LogP) is 1.52. The van der Waals surface area contributed by atoms with Gasteiger partial charge in [-0.3, -0.25) is 0 Å². The van der Waals surface area contributed by atoms with E-state index in [4.69, 9.17) is 10.2 Å². The van der Waals surface area contributed by atoms with Crippen LogP contribution < -0.4 is 5.32 Å². The number of halogens is 1. The number of aliphatic hydroxyl groups excluding tert-OH is 2. The van der Waals surface area contributed by atoms with Crippen molar-refractivity contribution >= 4 is 0 Å². The Kier molecular flexibility index (Phi) is 5.26. The van der Waals surface area contributed by atoms with E-state index in [0.29, 0.717) is 24.2 Å². The topological polar surface area (TPSA) is 52.5 Å². The van der Waals surface area contributed by atoms with Crippen molar-refractivity contribution in [2.75, 3.05) is 19.8 Å². The van der Waals surface area contributed by atoms with E-state index < -0.39 is 5.41 Å². The Bertz CT molecular complexity index is 380. The molecule has 1 rings (SSSR count). The predicted molar refractivity (Wildman–Crippen MR) is 69.9 cm³/mol. The highest BCUT2D eigenvalue weighted by Gasteiger charge is 2.21. The Hall–Kier alpha value is -0.970. The van der Waals surface area contributed by atoms with Crippen molar-refractivity contribution < 1.29 is 14.6 Å². The average molecular weight is 255 g/mol. The molecule has 0 aliphatic rings. The van der Waals surface area contributed by atoms with Crippen molar-refractivity contribution in [2.24, 2.45) is 5.41 Å². The van der Waals surface area contributed by atoms with E-state index >= 15 is 0 Å². The van der Waals surface area contributed by atoms with E-state index in [0.717, 1.165) is 5.56 Å². The summed E-state index contributed by atoms with van der Waals surface area (Å²) in [5.74, 6) is -0.158. The van der Waals surface area contributed by atoms with Crippen molar-refractivity contribution in [3.8, 4) is 0 Å². The molecule has 0 saturated heterocycles. The zero-order valence-corrected chi connectivity index (χ0v) is 11.3. The number of nitrogens with one attached hydrogen (secondary N) is 1. The Morgan fingerprint density at radius 1 is 1.17 bits per heavy atom. The van der Waals surface area contributed by atoms with Crippen molar-refractivity contribution in [1.82, 2.24) is 5.32 Å². The largest absolute Gasteiger partial charge is 0.396 e. The SMILES string of the molecule is Cc1cc(CNCC(C)(CO)CO)cc(C)c1F. The minimum Gasteiger partial charge on any atom is -0.396 e. The third-order valence-corrected chi connectivity index (χ3v) is 3.14. The zero-order valence-electron chi connectivity index (χ0n) is 11.3. The first-order valence-corrected chi connectivity index (χ1v) is 6.10. The van der Waals surface area contributed by atoms with Crippen molar-refractivity contribution in [2.45, 2.75) is 27.3 Å². The van der Waals surface area contributed by atoms with Gasteiger partial charge in [0.15, 0.2) is 0 Å². The minimum absolute atomic E-state index is 0.0715. The first kappa shape index (κ1) is 15.1. The molecule has 0 bridgehead atoms. The second kappa shape index (κ2) is 6.27. The van der Waals surface area contributed by atoms with E-state index in [1.54, 1.807) is 20.8 Å².